The van der Waals surface area contributed by atoms with Crippen molar-refractivity contribution in [1.29, 1.82) is 0 Å². The van der Waals surface area contributed by atoms with Crippen LogP contribution < -0.4 is 15.2 Å². The Kier molecular flexibility index (Phi) is 4.15. The number of nitrogens with one attached hydrogen (secondary N) is 1. The van der Waals surface area contributed by atoms with Gasteiger partial charge in [0.05, 0.1) is 4.90 Å². The topological polar surface area (TPSA) is 98.5 Å². The first-order valence-corrected chi connectivity index (χ1v) is 7.82. The summed E-state index contributed by atoms with van der Waals surface area (Å²) in [5.41, 5.74) is 0. The summed E-state index contributed by atoms with van der Waals surface area (Å²) in [7, 11) is -2.31. The van der Waals surface area contributed by atoms with Crippen molar-refractivity contribution in [2.75, 3.05) is 7.05 Å². The summed E-state index contributed by atoms with van der Waals surface area (Å²) in [5, 5.41) is 8.74. The fourth-order valence-electron chi connectivity index (χ4n) is 2.04. The Morgan fingerprint density at radius 3 is 2.38 bits per heavy atom. The summed E-state index contributed by atoms with van der Waals surface area (Å²) in [4.78, 5) is 11.6. The number of hydrogen-bond donors (Lipinski definition) is 2. The van der Waals surface area contributed by atoms with Gasteiger partial charge < -0.3 is 10.1 Å². The summed E-state index contributed by atoms with van der Waals surface area (Å²) in [6.45, 7) is 1.61. The van der Waals surface area contributed by atoms with Gasteiger partial charge in [-0.3, -0.25) is 4.79 Å². The zero-order valence-electron chi connectivity index (χ0n) is 11.7. The number of hydrogen-bond acceptors (Lipinski definition) is 4. The number of likely N-dealkylation sites (N-methyl/N-ethyl adjacent to an activating group) is 1. The molecule has 0 aliphatic heterocycles. The van der Waals surface area contributed by atoms with Crippen molar-refractivity contribution in [3.05, 3.63) is 36.4 Å². The van der Waals surface area contributed by atoms with Crippen molar-refractivity contribution in [3.8, 4) is 5.75 Å². The van der Waals surface area contributed by atoms with Crippen LogP contribution in [0.15, 0.2) is 41.3 Å². The average molecular weight is 308 g/mol. The highest BCUT2D eigenvalue weighted by Gasteiger charge is 2.18. The summed E-state index contributed by atoms with van der Waals surface area (Å²) < 4.78 is 28.8. The Morgan fingerprint density at radius 1 is 1.19 bits per heavy atom. The number of fused-ring (bicyclic) bond motifs is 1. The number of sulfonamides is 1. The molecule has 0 saturated heterocycles. The van der Waals surface area contributed by atoms with E-state index < -0.39 is 16.1 Å². The third-order valence-corrected chi connectivity index (χ3v) is 4.04. The van der Waals surface area contributed by atoms with Gasteiger partial charge in [0.15, 0.2) is 6.10 Å². The molecule has 0 spiro atoms. The lowest BCUT2D eigenvalue weighted by Crippen LogP contribution is -2.33. The van der Waals surface area contributed by atoms with Gasteiger partial charge in [-0.15, -0.1) is 0 Å². The van der Waals surface area contributed by atoms with E-state index in [0.717, 1.165) is 0 Å². The van der Waals surface area contributed by atoms with Crippen molar-refractivity contribution in [2.45, 2.75) is 17.9 Å². The second-order valence-electron chi connectivity index (χ2n) is 4.53. The minimum atomic E-state index is -3.83. The van der Waals surface area contributed by atoms with Crippen LogP contribution in [0.2, 0.25) is 0 Å². The van der Waals surface area contributed by atoms with Gasteiger partial charge >= 0.3 is 0 Å². The molecule has 0 bridgehead atoms. The fourth-order valence-corrected chi connectivity index (χ4v) is 2.78. The molecule has 1 amide bonds. The lowest BCUT2D eigenvalue weighted by Gasteiger charge is -2.16. The van der Waals surface area contributed by atoms with Crippen molar-refractivity contribution < 1.29 is 17.9 Å². The van der Waals surface area contributed by atoms with Crippen LogP contribution in [0.3, 0.4) is 0 Å². The molecule has 0 heterocycles. The van der Waals surface area contributed by atoms with Crippen LogP contribution in [0.5, 0.6) is 5.75 Å². The number of primary sulfonamides is 1. The van der Waals surface area contributed by atoms with Gasteiger partial charge in [-0.1, -0.05) is 24.3 Å². The number of nitrogens with two attached hydrogens (primary N) is 1. The molecule has 7 heteroatoms. The number of rotatable bonds is 4. The lowest BCUT2D eigenvalue weighted by atomic mass is 10.1. The molecule has 1 unspecified atom stereocenters. The Labute approximate surface area is 122 Å². The highest BCUT2D eigenvalue weighted by atomic mass is 32.2. The average Bonchev–Trinajstić information content (AvgIpc) is 2.45. The molecule has 1 atom stereocenters. The van der Waals surface area contributed by atoms with Gasteiger partial charge in [0.2, 0.25) is 10.0 Å². The molecule has 0 radical (unpaired) electrons. The predicted molar refractivity (Wildman–Crippen MR) is 79.5 cm³/mol. The molecular formula is C14H16N2O4S. The standard InChI is InChI=1S/C14H16N2O4S/c1-9(14(17)16-2)20-12-7-8-13(21(15,18)19)11-6-4-3-5-10(11)12/h3-9H,1-2H3,(H,16,17)(H2,15,18,19). The van der Waals surface area contributed by atoms with Gasteiger partial charge in [0, 0.05) is 17.8 Å². The molecule has 0 aliphatic rings. The van der Waals surface area contributed by atoms with Crippen LogP contribution in [-0.4, -0.2) is 27.5 Å². The Balaban J connectivity index is 2.56. The zero-order chi connectivity index (χ0) is 15.6. The first kappa shape index (κ1) is 15.3. The van der Waals surface area contributed by atoms with Crippen molar-refractivity contribution in [1.82, 2.24) is 5.32 Å². The maximum atomic E-state index is 11.6. The van der Waals surface area contributed by atoms with Crippen LogP contribution in [-0.2, 0) is 14.8 Å². The molecule has 3 N–H and O–H groups in total. The summed E-state index contributed by atoms with van der Waals surface area (Å²) in [6, 6.07) is 9.71. The van der Waals surface area contributed by atoms with E-state index in [1.807, 2.05) is 0 Å². The third kappa shape index (κ3) is 3.14. The molecule has 112 valence electrons. The minimum absolute atomic E-state index is 0.0260. The SMILES string of the molecule is CNC(=O)C(C)Oc1ccc(S(N)(=O)=O)c2ccccc12. The summed E-state index contributed by atoms with van der Waals surface area (Å²) in [5.74, 6) is 0.156. The van der Waals surface area contributed by atoms with Gasteiger partial charge in [-0.25, -0.2) is 13.6 Å². The number of carbonyl (C=O) groups is 1. The van der Waals surface area contributed by atoms with Gasteiger partial charge in [-0.05, 0) is 19.1 Å². The smallest absolute Gasteiger partial charge is 0.260 e. The molecule has 21 heavy (non-hydrogen) atoms. The first-order chi connectivity index (χ1) is 9.84. The van der Waals surface area contributed by atoms with Crippen LogP contribution in [0.4, 0.5) is 0 Å². The van der Waals surface area contributed by atoms with Gasteiger partial charge in [0.25, 0.3) is 5.91 Å². The molecular weight excluding hydrogens is 292 g/mol. The highest BCUT2D eigenvalue weighted by Crippen LogP contribution is 2.31. The van der Waals surface area contributed by atoms with Crippen molar-refractivity contribution in [3.63, 3.8) is 0 Å². The molecule has 2 aromatic rings. The van der Waals surface area contributed by atoms with E-state index in [9.17, 15) is 13.2 Å². The van der Waals surface area contributed by atoms with E-state index in [0.29, 0.717) is 16.5 Å². The summed E-state index contributed by atoms with van der Waals surface area (Å²) >= 11 is 0. The summed E-state index contributed by atoms with van der Waals surface area (Å²) in [6.07, 6.45) is -0.696. The molecule has 0 saturated carbocycles. The van der Waals surface area contributed by atoms with E-state index in [-0.39, 0.29) is 10.8 Å². The second kappa shape index (κ2) is 5.71. The van der Waals surface area contributed by atoms with E-state index in [4.69, 9.17) is 9.88 Å². The molecule has 2 rings (SSSR count). The number of carbonyl (C=O) groups excluding carboxylic acids is 1. The monoisotopic (exact) mass is 308 g/mol. The number of ether oxygens (including phenoxy) is 1. The van der Waals surface area contributed by atoms with E-state index in [1.165, 1.54) is 19.2 Å². The van der Waals surface area contributed by atoms with Crippen LogP contribution in [0.1, 0.15) is 6.92 Å². The van der Waals surface area contributed by atoms with E-state index in [2.05, 4.69) is 5.32 Å². The predicted octanol–water partition coefficient (Wildman–Crippen LogP) is 1.00. The fraction of sp³-hybridized carbons (Fsp3) is 0.214. The zero-order valence-corrected chi connectivity index (χ0v) is 12.5. The van der Waals surface area contributed by atoms with Crippen LogP contribution in [0.25, 0.3) is 10.8 Å². The molecule has 0 aromatic heterocycles. The molecule has 0 aliphatic carbocycles. The molecule has 2 aromatic carbocycles. The minimum Gasteiger partial charge on any atom is -0.480 e. The Hall–Kier alpha value is -2.12. The number of amides is 1. The Morgan fingerprint density at radius 2 is 1.81 bits per heavy atom. The maximum absolute atomic E-state index is 11.6. The second-order valence-corrected chi connectivity index (χ2v) is 6.06. The quantitative estimate of drug-likeness (QED) is 0.880. The highest BCUT2D eigenvalue weighted by molar-refractivity contribution is 7.89. The Bertz CT molecular complexity index is 787. The first-order valence-electron chi connectivity index (χ1n) is 6.27. The van der Waals surface area contributed by atoms with E-state index >= 15 is 0 Å². The normalized spacial score (nSPS) is 12.9. The maximum Gasteiger partial charge on any atom is 0.260 e. The van der Waals surface area contributed by atoms with E-state index in [1.54, 1.807) is 31.2 Å². The molecule has 0 fully saturated rings. The van der Waals surface area contributed by atoms with Crippen molar-refractivity contribution in [2.24, 2.45) is 5.14 Å². The van der Waals surface area contributed by atoms with Gasteiger partial charge in [-0.2, -0.15) is 0 Å². The van der Waals surface area contributed by atoms with Crippen LogP contribution >= 0.6 is 0 Å². The third-order valence-electron chi connectivity index (χ3n) is 3.07. The van der Waals surface area contributed by atoms with Crippen molar-refractivity contribution >= 4 is 26.7 Å². The largest absolute Gasteiger partial charge is 0.480 e. The lowest BCUT2D eigenvalue weighted by molar-refractivity contribution is -0.126. The van der Waals surface area contributed by atoms with Crippen LogP contribution in [0, 0.1) is 0 Å². The molecule has 6 nitrogen and oxygen atoms in total. The van der Waals surface area contributed by atoms with Gasteiger partial charge in [0.1, 0.15) is 5.75 Å². The number of benzene rings is 2.